The average molecular weight is 256 g/mol. The third-order valence-electron chi connectivity index (χ3n) is 2.31. The van der Waals surface area contributed by atoms with Gasteiger partial charge in [-0.15, -0.1) is 0 Å². The molecule has 1 N–H and O–H groups in total. The van der Waals surface area contributed by atoms with Gasteiger partial charge < -0.3 is 14.6 Å². The first kappa shape index (κ1) is 14.4. The van der Waals surface area contributed by atoms with Crippen LogP contribution in [0.3, 0.4) is 0 Å². The molecule has 0 aliphatic rings. The second-order valence-electron chi connectivity index (χ2n) is 3.74. The zero-order valence-electron chi connectivity index (χ0n) is 10.3. The van der Waals surface area contributed by atoms with Gasteiger partial charge in [0.2, 0.25) is 0 Å². The summed E-state index contributed by atoms with van der Waals surface area (Å²) in [5.74, 6) is -2.12. The normalized spacial score (nSPS) is 10.3. The highest BCUT2D eigenvalue weighted by Crippen LogP contribution is 2.22. The molecule has 0 atom stereocenters. The maximum atomic E-state index is 13.4. The molecule has 0 fully saturated rings. The minimum atomic E-state index is -1.21. The molecule has 0 amide bonds. The fourth-order valence-corrected chi connectivity index (χ4v) is 1.38. The minimum absolute atomic E-state index is 0.130. The van der Waals surface area contributed by atoms with E-state index in [1.165, 1.54) is 18.2 Å². The molecule has 0 radical (unpaired) electrons. The summed E-state index contributed by atoms with van der Waals surface area (Å²) in [6.07, 6.45) is 2.00. The molecule has 0 aliphatic heterocycles. The fraction of sp³-hybridized carbons (Fsp3) is 0.462. The lowest BCUT2D eigenvalue weighted by Crippen LogP contribution is -2.11. The van der Waals surface area contributed by atoms with Gasteiger partial charge in [-0.25, -0.2) is 9.18 Å². The number of aromatic carboxylic acids is 1. The first-order valence-corrected chi connectivity index (χ1v) is 5.89. The van der Waals surface area contributed by atoms with Gasteiger partial charge in [0.15, 0.2) is 11.6 Å². The van der Waals surface area contributed by atoms with Crippen LogP contribution in [-0.4, -0.2) is 30.9 Å². The summed E-state index contributed by atoms with van der Waals surface area (Å²) in [6.45, 7) is 3.12. The molecule has 5 heteroatoms. The lowest BCUT2D eigenvalue weighted by molar-refractivity contribution is 0.0682. The van der Waals surface area contributed by atoms with Gasteiger partial charge in [0.1, 0.15) is 12.2 Å². The van der Waals surface area contributed by atoms with Gasteiger partial charge in [0.25, 0.3) is 0 Å². The van der Waals surface area contributed by atoms with E-state index in [4.69, 9.17) is 14.6 Å². The third kappa shape index (κ3) is 4.33. The number of carboxylic acids is 1. The van der Waals surface area contributed by atoms with Crippen molar-refractivity contribution in [3.63, 3.8) is 0 Å². The SMILES string of the molecule is CCCCOCCOc1c(F)cccc1C(=O)O. The first-order valence-electron chi connectivity index (χ1n) is 5.89. The van der Waals surface area contributed by atoms with Crippen LogP contribution in [0.1, 0.15) is 30.1 Å². The largest absolute Gasteiger partial charge is 0.487 e. The topological polar surface area (TPSA) is 55.8 Å². The van der Waals surface area contributed by atoms with Crippen molar-refractivity contribution in [3.8, 4) is 5.75 Å². The summed E-state index contributed by atoms with van der Waals surface area (Å²) >= 11 is 0. The van der Waals surface area contributed by atoms with E-state index in [-0.39, 0.29) is 17.9 Å². The van der Waals surface area contributed by atoms with Gasteiger partial charge in [-0.2, -0.15) is 0 Å². The van der Waals surface area contributed by atoms with E-state index in [1.807, 2.05) is 0 Å². The number of rotatable bonds is 8. The van der Waals surface area contributed by atoms with Crippen LogP contribution in [0.2, 0.25) is 0 Å². The Balaban J connectivity index is 2.48. The molecule has 0 heterocycles. The van der Waals surface area contributed by atoms with Crippen molar-refractivity contribution >= 4 is 5.97 Å². The van der Waals surface area contributed by atoms with Gasteiger partial charge in [0, 0.05) is 6.61 Å². The predicted molar refractivity (Wildman–Crippen MR) is 64.6 cm³/mol. The Morgan fingerprint density at radius 2 is 2.11 bits per heavy atom. The summed E-state index contributed by atoms with van der Waals surface area (Å²) < 4.78 is 23.8. The van der Waals surface area contributed by atoms with Crippen molar-refractivity contribution in [2.24, 2.45) is 0 Å². The van der Waals surface area contributed by atoms with Gasteiger partial charge in [-0.05, 0) is 18.6 Å². The molecule has 0 spiro atoms. The Hall–Kier alpha value is -1.62. The van der Waals surface area contributed by atoms with Crippen LogP contribution in [0.25, 0.3) is 0 Å². The lowest BCUT2D eigenvalue weighted by Gasteiger charge is -2.10. The van der Waals surface area contributed by atoms with Crippen molar-refractivity contribution in [1.82, 2.24) is 0 Å². The summed E-state index contributed by atoms with van der Waals surface area (Å²) in [4.78, 5) is 10.9. The molecule has 4 nitrogen and oxygen atoms in total. The van der Waals surface area contributed by atoms with Crippen LogP contribution in [-0.2, 0) is 4.74 Å². The van der Waals surface area contributed by atoms with E-state index in [9.17, 15) is 9.18 Å². The molecule has 0 bridgehead atoms. The van der Waals surface area contributed by atoms with Crippen molar-refractivity contribution < 1.29 is 23.8 Å². The Morgan fingerprint density at radius 1 is 1.33 bits per heavy atom. The van der Waals surface area contributed by atoms with Gasteiger partial charge in [-0.3, -0.25) is 0 Å². The average Bonchev–Trinajstić information content (AvgIpc) is 2.34. The van der Waals surface area contributed by atoms with Crippen LogP contribution in [0.5, 0.6) is 5.75 Å². The highest BCUT2D eigenvalue weighted by atomic mass is 19.1. The van der Waals surface area contributed by atoms with Crippen LogP contribution >= 0.6 is 0 Å². The second kappa shape index (κ2) is 7.66. The van der Waals surface area contributed by atoms with Crippen molar-refractivity contribution in [2.75, 3.05) is 19.8 Å². The monoisotopic (exact) mass is 256 g/mol. The molecule has 0 aromatic heterocycles. The van der Waals surface area contributed by atoms with E-state index in [0.29, 0.717) is 13.2 Å². The first-order chi connectivity index (χ1) is 8.66. The molecule has 100 valence electrons. The van der Waals surface area contributed by atoms with Crippen LogP contribution in [0.15, 0.2) is 18.2 Å². The molecule has 1 rings (SSSR count). The maximum absolute atomic E-state index is 13.4. The predicted octanol–water partition coefficient (Wildman–Crippen LogP) is 2.72. The zero-order valence-corrected chi connectivity index (χ0v) is 10.3. The molecule has 0 unspecified atom stereocenters. The Kier molecular flexibility index (Phi) is 6.14. The minimum Gasteiger partial charge on any atom is -0.487 e. The summed E-state index contributed by atoms with van der Waals surface area (Å²) in [5.41, 5.74) is -0.177. The van der Waals surface area contributed by atoms with E-state index in [0.717, 1.165) is 12.8 Å². The van der Waals surface area contributed by atoms with E-state index < -0.39 is 11.8 Å². The molecular formula is C13H17FO4. The van der Waals surface area contributed by atoms with Gasteiger partial charge in [0.05, 0.1) is 6.61 Å². The number of unbranched alkanes of at least 4 members (excludes halogenated alkanes) is 1. The summed E-state index contributed by atoms with van der Waals surface area (Å²) in [5, 5.41) is 8.88. The number of benzene rings is 1. The molecule has 1 aromatic carbocycles. The molecule has 1 aromatic rings. The molecule has 18 heavy (non-hydrogen) atoms. The van der Waals surface area contributed by atoms with Crippen molar-refractivity contribution in [2.45, 2.75) is 19.8 Å². The number of hydrogen-bond acceptors (Lipinski definition) is 3. The Morgan fingerprint density at radius 3 is 2.78 bits per heavy atom. The molecule has 0 aliphatic carbocycles. The van der Waals surface area contributed by atoms with Crippen LogP contribution < -0.4 is 4.74 Å². The number of ether oxygens (including phenoxy) is 2. The van der Waals surface area contributed by atoms with Crippen LogP contribution in [0.4, 0.5) is 4.39 Å². The standard InChI is InChI=1S/C13H17FO4/c1-2-3-7-17-8-9-18-12-10(13(15)16)5-4-6-11(12)14/h4-6H,2-3,7-9H2,1H3,(H,15,16). The van der Waals surface area contributed by atoms with E-state index >= 15 is 0 Å². The lowest BCUT2D eigenvalue weighted by atomic mass is 10.2. The number of para-hydroxylation sites is 1. The second-order valence-corrected chi connectivity index (χ2v) is 3.74. The Bertz CT molecular complexity index is 393. The Labute approximate surface area is 105 Å². The fourth-order valence-electron chi connectivity index (χ4n) is 1.38. The third-order valence-corrected chi connectivity index (χ3v) is 2.31. The molecule has 0 saturated carbocycles. The van der Waals surface area contributed by atoms with Crippen molar-refractivity contribution in [3.05, 3.63) is 29.6 Å². The summed E-state index contributed by atoms with van der Waals surface area (Å²) in [6, 6.07) is 3.81. The van der Waals surface area contributed by atoms with Crippen molar-refractivity contribution in [1.29, 1.82) is 0 Å². The zero-order chi connectivity index (χ0) is 13.4. The van der Waals surface area contributed by atoms with Gasteiger partial charge >= 0.3 is 5.97 Å². The number of hydrogen-bond donors (Lipinski definition) is 1. The van der Waals surface area contributed by atoms with Crippen LogP contribution in [0, 0.1) is 5.82 Å². The van der Waals surface area contributed by atoms with Gasteiger partial charge in [-0.1, -0.05) is 19.4 Å². The highest BCUT2D eigenvalue weighted by Gasteiger charge is 2.15. The molecule has 0 saturated heterocycles. The highest BCUT2D eigenvalue weighted by molar-refractivity contribution is 5.90. The number of halogens is 1. The van der Waals surface area contributed by atoms with E-state index in [2.05, 4.69) is 6.92 Å². The summed E-state index contributed by atoms with van der Waals surface area (Å²) in [7, 11) is 0. The quantitative estimate of drug-likeness (QED) is 0.726. The maximum Gasteiger partial charge on any atom is 0.339 e. The number of carbonyl (C=O) groups is 1. The number of carboxylic acid groups (broad SMARTS) is 1. The smallest absolute Gasteiger partial charge is 0.339 e. The van der Waals surface area contributed by atoms with E-state index in [1.54, 1.807) is 0 Å². The molecular weight excluding hydrogens is 239 g/mol.